The zero-order chi connectivity index (χ0) is 19.4. The Morgan fingerprint density at radius 3 is 2.74 bits per heavy atom. The Morgan fingerprint density at radius 1 is 1.30 bits per heavy atom. The lowest BCUT2D eigenvalue weighted by atomic mass is 10.1. The van der Waals surface area contributed by atoms with Gasteiger partial charge in [0.05, 0.1) is 17.1 Å². The Morgan fingerprint density at radius 2 is 2.04 bits per heavy atom. The maximum atomic E-state index is 12.3. The molecule has 1 N–H and O–H groups in total. The molecule has 1 saturated heterocycles. The number of rotatable bonds is 5. The molecule has 0 radical (unpaired) electrons. The highest BCUT2D eigenvalue weighted by Crippen LogP contribution is 2.26. The molecule has 2 aromatic carbocycles. The van der Waals surface area contributed by atoms with Crippen LogP contribution in [0.2, 0.25) is 5.02 Å². The van der Waals surface area contributed by atoms with Crippen LogP contribution in [0.4, 0.5) is 11.4 Å². The molecule has 0 aliphatic carbocycles. The molecule has 9 heteroatoms. The average molecular weight is 387 g/mol. The number of amides is 2. The molecule has 2 aromatic rings. The molecule has 3 rings (SSSR count). The van der Waals surface area contributed by atoms with Crippen molar-refractivity contribution in [1.82, 2.24) is 5.43 Å². The van der Waals surface area contributed by atoms with Crippen molar-refractivity contribution in [2.75, 3.05) is 11.4 Å². The van der Waals surface area contributed by atoms with Crippen LogP contribution in [0.5, 0.6) is 0 Å². The number of carbonyl (C=O) groups excluding carboxylic acids is 2. The fraction of sp³-hybridized carbons (Fsp3) is 0.167. The van der Waals surface area contributed by atoms with E-state index in [2.05, 4.69) is 10.5 Å². The van der Waals surface area contributed by atoms with E-state index in [-0.39, 0.29) is 30.5 Å². The average Bonchev–Trinajstić information content (AvgIpc) is 3.04. The van der Waals surface area contributed by atoms with Crippen molar-refractivity contribution in [1.29, 1.82) is 0 Å². The first-order valence-electron chi connectivity index (χ1n) is 8.07. The third kappa shape index (κ3) is 4.48. The number of anilines is 1. The fourth-order valence-electron chi connectivity index (χ4n) is 2.73. The summed E-state index contributed by atoms with van der Waals surface area (Å²) in [5.74, 6) is -1.07. The molecule has 0 unspecified atom stereocenters. The van der Waals surface area contributed by atoms with Gasteiger partial charge in [0.15, 0.2) is 0 Å². The topological polar surface area (TPSA) is 105 Å². The van der Waals surface area contributed by atoms with Gasteiger partial charge in [-0.05, 0) is 24.3 Å². The molecule has 0 saturated carbocycles. The van der Waals surface area contributed by atoms with E-state index < -0.39 is 10.8 Å². The van der Waals surface area contributed by atoms with Crippen LogP contribution in [-0.4, -0.2) is 29.5 Å². The van der Waals surface area contributed by atoms with Gasteiger partial charge in [-0.2, -0.15) is 5.10 Å². The SMILES string of the molecule is O=C(NN=Cc1cccc([N+](=O)[O-])c1)[C@H]1CC(=O)N(c2ccc(Cl)cc2)C1. The number of carbonyl (C=O) groups is 2. The zero-order valence-corrected chi connectivity index (χ0v) is 14.8. The standard InChI is InChI=1S/C18H15ClN4O4/c19-14-4-6-15(7-5-14)22-11-13(9-17(22)24)18(25)21-20-10-12-2-1-3-16(8-12)23(26)27/h1-8,10,13H,9,11H2,(H,21,25)/t13-/m0/s1. The van der Waals surface area contributed by atoms with Crippen LogP contribution < -0.4 is 10.3 Å². The minimum Gasteiger partial charge on any atom is -0.312 e. The van der Waals surface area contributed by atoms with Gasteiger partial charge < -0.3 is 4.90 Å². The van der Waals surface area contributed by atoms with E-state index in [1.54, 1.807) is 30.3 Å². The van der Waals surface area contributed by atoms with Crippen molar-refractivity contribution in [3.05, 3.63) is 69.2 Å². The lowest BCUT2D eigenvalue weighted by Crippen LogP contribution is -2.30. The summed E-state index contributed by atoms with van der Waals surface area (Å²) in [5.41, 5.74) is 3.48. The molecule has 0 spiro atoms. The minimum atomic E-state index is -0.532. The third-order valence-corrected chi connectivity index (χ3v) is 4.36. The maximum Gasteiger partial charge on any atom is 0.270 e. The molecule has 1 fully saturated rings. The second kappa shape index (κ2) is 7.96. The van der Waals surface area contributed by atoms with Gasteiger partial charge >= 0.3 is 0 Å². The van der Waals surface area contributed by atoms with E-state index in [1.807, 2.05) is 0 Å². The van der Waals surface area contributed by atoms with Gasteiger partial charge in [0.2, 0.25) is 11.8 Å². The molecular weight excluding hydrogens is 372 g/mol. The second-order valence-corrected chi connectivity index (χ2v) is 6.40. The minimum absolute atomic E-state index is 0.0646. The van der Waals surface area contributed by atoms with Crippen molar-refractivity contribution in [3.63, 3.8) is 0 Å². The summed E-state index contributed by atoms with van der Waals surface area (Å²) in [5, 5.41) is 15.1. The number of nitrogens with zero attached hydrogens (tertiary/aromatic N) is 3. The lowest BCUT2D eigenvalue weighted by molar-refractivity contribution is -0.384. The Labute approximate surface area is 159 Å². The molecule has 2 amide bonds. The van der Waals surface area contributed by atoms with Gasteiger partial charge in [-0.15, -0.1) is 0 Å². The molecule has 1 aliphatic rings. The molecule has 27 heavy (non-hydrogen) atoms. The van der Waals surface area contributed by atoms with Gasteiger partial charge in [-0.25, -0.2) is 5.43 Å². The molecule has 0 bridgehead atoms. The Kier molecular flexibility index (Phi) is 5.46. The van der Waals surface area contributed by atoms with Crippen molar-refractivity contribution in [2.45, 2.75) is 6.42 Å². The van der Waals surface area contributed by atoms with Crippen molar-refractivity contribution < 1.29 is 14.5 Å². The van der Waals surface area contributed by atoms with Gasteiger partial charge in [-0.1, -0.05) is 23.7 Å². The van der Waals surface area contributed by atoms with Gasteiger partial charge in [0.1, 0.15) is 0 Å². The Bertz CT molecular complexity index is 914. The molecule has 0 aromatic heterocycles. The summed E-state index contributed by atoms with van der Waals surface area (Å²) < 4.78 is 0. The first kappa shape index (κ1) is 18.5. The van der Waals surface area contributed by atoms with E-state index in [1.165, 1.54) is 29.3 Å². The zero-order valence-electron chi connectivity index (χ0n) is 14.0. The number of nitrogens with one attached hydrogen (secondary N) is 1. The predicted molar refractivity (Wildman–Crippen MR) is 101 cm³/mol. The van der Waals surface area contributed by atoms with Crippen LogP contribution >= 0.6 is 11.6 Å². The quantitative estimate of drug-likeness (QED) is 0.484. The van der Waals surface area contributed by atoms with Crippen molar-refractivity contribution in [2.24, 2.45) is 11.0 Å². The number of hydrazone groups is 1. The molecule has 8 nitrogen and oxygen atoms in total. The first-order valence-corrected chi connectivity index (χ1v) is 8.45. The number of halogens is 1. The van der Waals surface area contributed by atoms with Crippen LogP contribution in [-0.2, 0) is 9.59 Å². The van der Waals surface area contributed by atoms with Gasteiger partial charge in [0, 0.05) is 41.4 Å². The summed E-state index contributed by atoms with van der Waals surface area (Å²) >= 11 is 5.85. The highest BCUT2D eigenvalue weighted by Gasteiger charge is 2.35. The first-order chi connectivity index (χ1) is 12.9. The van der Waals surface area contributed by atoms with Crippen LogP contribution in [0.1, 0.15) is 12.0 Å². The predicted octanol–water partition coefficient (Wildman–Crippen LogP) is 2.75. The summed E-state index contributed by atoms with van der Waals surface area (Å²) in [4.78, 5) is 36.2. The Balaban J connectivity index is 1.60. The van der Waals surface area contributed by atoms with Gasteiger partial charge in [0.25, 0.3) is 5.69 Å². The van der Waals surface area contributed by atoms with Crippen LogP contribution in [0, 0.1) is 16.0 Å². The monoisotopic (exact) mass is 386 g/mol. The van der Waals surface area contributed by atoms with Gasteiger partial charge in [-0.3, -0.25) is 19.7 Å². The Hall–Kier alpha value is -3.26. The van der Waals surface area contributed by atoms with Crippen molar-refractivity contribution in [3.8, 4) is 0 Å². The molecular formula is C18H15ClN4O4. The summed E-state index contributed by atoms with van der Waals surface area (Å²) in [7, 11) is 0. The number of nitro benzene ring substituents is 1. The van der Waals surface area contributed by atoms with E-state index in [9.17, 15) is 19.7 Å². The summed E-state index contributed by atoms with van der Waals surface area (Å²) in [6.07, 6.45) is 1.40. The number of hydrogen-bond acceptors (Lipinski definition) is 5. The highest BCUT2D eigenvalue weighted by molar-refractivity contribution is 6.30. The number of non-ortho nitro benzene ring substituents is 1. The third-order valence-electron chi connectivity index (χ3n) is 4.10. The highest BCUT2D eigenvalue weighted by atomic mass is 35.5. The number of benzene rings is 2. The molecule has 1 heterocycles. The van der Waals surface area contributed by atoms with Crippen LogP contribution in [0.25, 0.3) is 0 Å². The summed E-state index contributed by atoms with van der Waals surface area (Å²) in [6, 6.07) is 12.7. The molecule has 1 atom stereocenters. The number of hydrogen-bond donors (Lipinski definition) is 1. The smallest absolute Gasteiger partial charge is 0.270 e. The van der Waals surface area contributed by atoms with E-state index in [0.29, 0.717) is 16.3 Å². The van der Waals surface area contributed by atoms with Crippen molar-refractivity contribution >= 4 is 41.0 Å². The largest absolute Gasteiger partial charge is 0.312 e. The van der Waals surface area contributed by atoms with Crippen LogP contribution in [0.15, 0.2) is 53.6 Å². The fourth-order valence-corrected chi connectivity index (χ4v) is 2.86. The lowest BCUT2D eigenvalue weighted by Gasteiger charge is -2.16. The second-order valence-electron chi connectivity index (χ2n) is 5.97. The van der Waals surface area contributed by atoms with E-state index >= 15 is 0 Å². The van der Waals surface area contributed by atoms with E-state index in [4.69, 9.17) is 11.6 Å². The normalized spacial score (nSPS) is 16.7. The van der Waals surface area contributed by atoms with E-state index in [0.717, 1.165) is 0 Å². The molecule has 1 aliphatic heterocycles. The van der Waals surface area contributed by atoms with Crippen LogP contribution in [0.3, 0.4) is 0 Å². The summed E-state index contributed by atoms with van der Waals surface area (Å²) in [6.45, 7) is 0.249. The number of nitro groups is 1. The maximum absolute atomic E-state index is 12.3. The molecule has 138 valence electrons.